The summed E-state index contributed by atoms with van der Waals surface area (Å²) in [5.74, 6) is -0.282. The number of fused-ring (bicyclic) bond motifs is 1. The lowest BCUT2D eigenvalue weighted by atomic mass is 10.2. The van der Waals surface area contributed by atoms with Crippen LogP contribution in [-0.2, 0) is 24.8 Å². The SMILES string of the molecule is CCCc1nn(C)c2c1[nH]c(=S)n2CCCC(N)=O. The molecule has 7 heteroatoms. The van der Waals surface area contributed by atoms with Crippen LogP contribution in [0.5, 0.6) is 0 Å². The van der Waals surface area contributed by atoms with Crippen molar-refractivity contribution < 1.29 is 4.79 Å². The van der Waals surface area contributed by atoms with Crippen LogP contribution in [0.2, 0.25) is 0 Å². The summed E-state index contributed by atoms with van der Waals surface area (Å²) >= 11 is 5.34. The lowest BCUT2D eigenvalue weighted by Crippen LogP contribution is -2.12. The largest absolute Gasteiger partial charge is 0.370 e. The van der Waals surface area contributed by atoms with Crippen molar-refractivity contribution in [2.75, 3.05) is 0 Å². The van der Waals surface area contributed by atoms with Crippen molar-refractivity contribution in [1.82, 2.24) is 19.3 Å². The first-order chi connectivity index (χ1) is 9.04. The minimum atomic E-state index is -0.282. The van der Waals surface area contributed by atoms with Gasteiger partial charge in [0.15, 0.2) is 10.4 Å². The van der Waals surface area contributed by atoms with E-state index in [2.05, 4.69) is 17.0 Å². The Balaban J connectivity index is 2.35. The Hall–Kier alpha value is -1.63. The van der Waals surface area contributed by atoms with E-state index in [4.69, 9.17) is 18.0 Å². The molecule has 0 saturated heterocycles. The van der Waals surface area contributed by atoms with Crippen LogP contribution in [0.3, 0.4) is 0 Å². The van der Waals surface area contributed by atoms with E-state index >= 15 is 0 Å². The van der Waals surface area contributed by atoms with Gasteiger partial charge in [-0.2, -0.15) is 5.10 Å². The Kier molecular flexibility index (Phi) is 4.04. The maximum Gasteiger partial charge on any atom is 0.217 e. The van der Waals surface area contributed by atoms with Crippen LogP contribution in [0.4, 0.5) is 0 Å². The Labute approximate surface area is 116 Å². The zero-order valence-corrected chi connectivity index (χ0v) is 12.1. The number of aromatic amines is 1. The van der Waals surface area contributed by atoms with Crippen LogP contribution in [-0.4, -0.2) is 25.2 Å². The van der Waals surface area contributed by atoms with Crippen molar-refractivity contribution in [3.8, 4) is 0 Å². The Bertz CT molecular complexity index is 651. The number of rotatable bonds is 6. The molecular formula is C12H19N5OS. The van der Waals surface area contributed by atoms with Gasteiger partial charge in [-0.3, -0.25) is 9.48 Å². The number of imidazole rings is 1. The summed E-state index contributed by atoms with van der Waals surface area (Å²) in [4.78, 5) is 14.0. The number of hydrogen-bond donors (Lipinski definition) is 2. The van der Waals surface area contributed by atoms with E-state index in [1.54, 1.807) is 0 Å². The Morgan fingerprint density at radius 3 is 2.89 bits per heavy atom. The summed E-state index contributed by atoms with van der Waals surface area (Å²) in [7, 11) is 1.91. The third kappa shape index (κ3) is 2.70. The van der Waals surface area contributed by atoms with E-state index in [1.807, 2.05) is 16.3 Å². The predicted octanol–water partition coefficient (Wildman–Crippen LogP) is 1.65. The van der Waals surface area contributed by atoms with Crippen molar-refractivity contribution in [3.05, 3.63) is 10.5 Å². The highest BCUT2D eigenvalue weighted by molar-refractivity contribution is 7.71. The fourth-order valence-electron chi connectivity index (χ4n) is 2.31. The van der Waals surface area contributed by atoms with Crippen molar-refractivity contribution in [2.24, 2.45) is 12.8 Å². The van der Waals surface area contributed by atoms with Crippen molar-refractivity contribution >= 4 is 29.3 Å². The first kappa shape index (κ1) is 13.8. The molecule has 6 nitrogen and oxygen atoms in total. The molecule has 0 aliphatic heterocycles. The minimum Gasteiger partial charge on any atom is -0.370 e. The second-order valence-corrected chi connectivity index (χ2v) is 5.06. The summed E-state index contributed by atoms with van der Waals surface area (Å²) in [5, 5.41) is 4.51. The molecule has 0 saturated carbocycles. The number of nitrogens with one attached hydrogen (secondary N) is 1. The highest BCUT2D eigenvalue weighted by Crippen LogP contribution is 2.19. The third-order valence-corrected chi connectivity index (χ3v) is 3.44. The summed E-state index contributed by atoms with van der Waals surface area (Å²) in [6, 6.07) is 0. The number of aromatic nitrogens is 4. The van der Waals surface area contributed by atoms with Gasteiger partial charge >= 0.3 is 0 Å². The maximum atomic E-state index is 10.8. The number of hydrogen-bond acceptors (Lipinski definition) is 3. The minimum absolute atomic E-state index is 0.282. The van der Waals surface area contributed by atoms with Crippen LogP contribution in [0, 0.1) is 4.77 Å². The molecule has 0 aromatic carbocycles. The summed E-state index contributed by atoms with van der Waals surface area (Å²) in [6.07, 6.45) is 3.02. The van der Waals surface area contributed by atoms with Crippen LogP contribution in [0.25, 0.3) is 11.2 Å². The van der Waals surface area contributed by atoms with E-state index in [0.717, 1.165) is 29.7 Å². The zero-order valence-electron chi connectivity index (χ0n) is 11.3. The molecule has 2 aromatic rings. The van der Waals surface area contributed by atoms with Crippen molar-refractivity contribution in [3.63, 3.8) is 0 Å². The molecule has 0 fully saturated rings. The summed E-state index contributed by atoms with van der Waals surface area (Å²) < 4.78 is 4.50. The molecule has 0 unspecified atom stereocenters. The first-order valence-corrected chi connectivity index (χ1v) is 6.88. The fraction of sp³-hybridized carbons (Fsp3) is 0.583. The molecule has 0 radical (unpaired) electrons. The number of primary amides is 1. The van der Waals surface area contributed by atoms with Crippen LogP contribution in [0.1, 0.15) is 31.9 Å². The number of H-pyrrole nitrogens is 1. The van der Waals surface area contributed by atoms with Crippen LogP contribution < -0.4 is 5.73 Å². The van der Waals surface area contributed by atoms with Gasteiger partial charge in [0.1, 0.15) is 5.52 Å². The monoisotopic (exact) mass is 281 g/mol. The highest BCUT2D eigenvalue weighted by atomic mass is 32.1. The molecule has 3 N–H and O–H groups in total. The standard InChI is InChI=1S/C12H19N5OS/c1-3-5-8-10-11(16(2)15-8)17(12(19)14-10)7-4-6-9(13)18/h3-7H2,1-2H3,(H2,13,18)(H,14,19). The quantitative estimate of drug-likeness (QED) is 0.790. The molecule has 2 heterocycles. The molecule has 0 aliphatic carbocycles. The highest BCUT2D eigenvalue weighted by Gasteiger charge is 2.14. The molecule has 19 heavy (non-hydrogen) atoms. The Morgan fingerprint density at radius 1 is 1.53 bits per heavy atom. The van der Waals surface area contributed by atoms with E-state index < -0.39 is 0 Å². The molecule has 0 atom stereocenters. The van der Waals surface area contributed by atoms with Gasteiger partial charge in [0.2, 0.25) is 5.91 Å². The molecule has 0 bridgehead atoms. The van der Waals surface area contributed by atoms with Crippen LogP contribution >= 0.6 is 12.2 Å². The molecule has 0 aliphatic rings. The molecule has 1 amide bonds. The van der Waals surface area contributed by atoms with Gasteiger partial charge in [0.05, 0.1) is 5.69 Å². The van der Waals surface area contributed by atoms with Gasteiger partial charge < -0.3 is 15.3 Å². The Morgan fingerprint density at radius 2 is 2.26 bits per heavy atom. The number of aryl methyl sites for hydroxylation is 3. The smallest absolute Gasteiger partial charge is 0.217 e. The van der Waals surface area contributed by atoms with Gasteiger partial charge in [-0.05, 0) is 25.1 Å². The average molecular weight is 281 g/mol. The van der Waals surface area contributed by atoms with Crippen molar-refractivity contribution in [1.29, 1.82) is 0 Å². The number of amides is 1. The lowest BCUT2D eigenvalue weighted by molar-refractivity contribution is -0.118. The van der Waals surface area contributed by atoms with Gasteiger partial charge in [-0.25, -0.2) is 0 Å². The van der Waals surface area contributed by atoms with E-state index in [-0.39, 0.29) is 5.91 Å². The fourth-order valence-corrected chi connectivity index (χ4v) is 2.59. The zero-order chi connectivity index (χ0) is 14.0. The number of nitrogens with zero attached hydrogens (tertiary/aromatic N) is 3. The molecule has 0 spiro atoms. The van der Waals surface area contributed by atoms with Crippen molar-refractivity contribution in [2.45, 2.75) is 39.2 Å². The molecular weight excluding hydrogens is 262 g/mol. The third-order valence-electron chi connectivity index (χ3n) is 3.11. The van der Waals surface area contributed by atoms with Gasteiger partial charge in [0.25, 0.3) is 0 Å². The summed E-state index contributed by atoms with van der Waals surface area (Å²) in [6.45, 7) is 2.80. The summed E-state index contributed by atoms with van der Waals surface area (Å²) in [5.41, 5.74) is 8.19. The number of nitrogens with two attached hydrogens (primary N) is 1. The maximum absolute atomic E-state index is 10.8. The second-order valence-electron chi connectivity index (χ2n) is 4.67. The molecule has 104 valence electrons. The number of carbonyl (C=O) groups excluding carboxylic acids is 1. The molecule has 2 aromatic heterocycles. The first-order valence-electron chi connectivity index (χ1n) is 6.47. The second kappa shape index (κ2) is 5.56. The topological polar surface area (TPSA) is 81.6 Å². The predicted molar refractivity (Wildman–Crippen MR) is 76.3 cm³/mol. The lowest BCUT2D eigenvalue weighted by Gasteiger charge is -2.03. The van der Waals surface area contributed by atoms with E-state index in [0.29, 0.717) is 24.2 Å². The average Bonchev–Trinajstić information content (AvgIpc) is 2.79. The van der Waals surface area contributed by atoms with Gasteiger partial charge in [-0.15, -0.1) is 0 Å². The van der Waals surface area contributed by atoms with Crippen LogP contribution in [0.15, 0.2) is 0 Å². The van der Waals surface area contributed by atoms with Gasteiger partial charge in [-0.1, -0.05) is 13.3 Å². The van der Waals surface area contributed by atoms with E-state index in [1.165, 1.54) is 0 Å². The number of carbonyl (C=O) groups is 1. The van der Waals surface area contributed by atoms with Gasteiger partial charge in [0, 0.05) is 20.0 Å². The normalized spacial score (nSPS) is 11.3. The molecule has 2 rings (SSSR count). The van der Waals surface area contributed by atoms with E-state index in [9.17, 15) is 4.79 Å².